The highest BCUT2D eigenvalue weighted by Crippen LogP contribution is 2.33. The molecular formula is C16H32N2S. The van der Waals surface area contributed by atoms with Crippen molar-refractivity contribution < 1.29 is 0 Å². The Morgan fingerprint density at radius 3 is 1.26 bits per heavy atom. The molecule has 0 aliphatic carbocycles. The van der Waals surface area contributed by atoms with Crippen molar-refractivity contribution in [1.29, 1.82) is 0 Å². The normalized spacial score (nSPS) is 25.6. The number of nitrogens with zero attached hydrogens (tertiary/aromatic N) is 2. The van der Waals surface area contributed by atoms with Gasteiger partial charge in [0.1, 0.15) is 0 Å². The molecule has 0 bridgehead atoms. The van der Waals surface area contributed by atoms with Crippen LogP contribution in [0.15, 0.2) is 0 Å². The van der Waals surface area contributed by atoms with Crippen LogP contribution in [0.5, 0.6) is 0 Å². The number of piperidine rings is 2. The molecule has 0 N–H and O–H groups in total. The second kappa shape index (κ2) is 7.33. The number of rotatable bonds is 4. The fraction of sp³-hybridized carbons (Fsp3) is 1.00. The highest BCUT2D eigenvalue weighted by Gasteiger charge is 2.26. The van der Waals surface area contributed by atoms with Crippen LogP contribution in [0.1, 0.15) is 53.4 Å². The van der Waals surface area contributed by atoms with E-state index in [0.717, 1.165) is 22.6 Å². The number of hydrogen-bond acceptors (Lipinski definition) is 3. The molecule has 0 spiro atoms. The SMILES string of the molecule is CC(C)N1CCC(SC2CCN(C(C)C)CC2)CC1. The van der Waals surface area contributed by atoms with Crippen molar-refractivity contribution >= 4 is 11.8 Å². The van der Waals surface area contributed by atoms with Gasteiger partial charge in [-0.05, 0) is 79.6 Å². The fourth-order valence-electron chi connectivity index (χ4n) is 3.33. The smallest absolute Gasteiger partial charge is 0.00741 e. The maximum absolute atomic E-state index is 2.64. The van der Waals surface area contributed by atoms with Crippen molar-refractivity contribution in [1.82, 2.24) is 9.80 Å². The molecule has 0 saturated carbocycles. The average molecular weight is 285 g/mol. The summed E-state index contributed by atoms with van der Waals surface area (Å²) in [6, 6.07) is 1.47. The van der Waals surface area contributed by atoms with E-state index in [1.54, 1.807) is 0 Å². The van der Waals surface area contributed by atoms with Crippen LogP contribution in [0.2, 0.25) is 0 Å². The van der Waals surface area contributed by atoms with Crippen LogP contribution < -0.4 is 0 Å². The molecule has 112 valence electrons. The summed E-state index contributed by atoms with van der Waals surface area (Å²) < 4.78 is 0. The van der Waals surface area contributed by atoms with Gasteiger partial charge in [-0.2, -0.15) is 11.8 Å². The molecule has 3 heteroatoms. The minimum atomic E-state index is 0.736. The molecule has 0 aromatic heterocycles. The van der Waals surface area contributed by atoms with Gasteiger partial charge in [0.2, 0.25) is 0 Å². The van der Waals surface area contributed by atoms with Crippen LogP contribution in [0.4, 0.5) is 0 Å². The minimum absolute atomic E-state index is 0.736. The maximum Gasteiger partial charge on any atom is 0.00741 e. The minimum Gasteiger partial charge on any atom is -0.301 e. The molecule has 2 heterocycles. The van der Waals surface area contributed by atoms with Crippen molar-refractivity contribution in [3.8, 4) is 0 Å². The summed E-state index contributed by atoms with van der Waals surface area (Å²) in [7, 11) is 0. The number of hydrogen-bond donors (Lipinski definition) is 0. The highest BCUT2D eigenvalue weighted by atomic mass is 32.2. The zero-order valence-electron chi connectivity index (χ0n) is 13.3. The molecule has 0 unspecified atom stereocenters. The largest absolute Gasteiger partial charge is 0.301 e. The van der Waals surface area contributed by atoms with Gasteiger partial charge in [0.05, 0.1) is 0 Å². The summed E-state index contributed by atoms with van der Waals surface area (Å²) in [5.41, 5.74) is 0. The standard InChI is InChI=1S/C16H32N2S/c1-13(2)17-9-5-15(6-10-17)19-16-7-11-18(12-8-16)14(3)4/h13-16H,5-12H2,1-4H3. The van der Waals surface area contributed by atoms with Gasteiger partial charge >= 0.3 is 0 Å². The van der Waals surface area contributed by atoms with Gasteiger partial charge in [-0.1, -0.05) is 0 Å². The van der Waals surface area contributed by atoms with E-state index in [2.05, 4.69) is 49.3 Å². The third-order valence-corrected chi connectivity index (χ3v) is 6.51. The Balaban J connectivity index is 1.67. The first-order chi connectivity index (χ1) is 9.06. The molecule has 0 aromatic rings. The number of likely N-dealkylation sites (tertiary alicyclic amines) is 2. The average Bonchev–Trinajstić information content (AvgIpc) is 2.40. The van der Waals surface area contributed by atoms with Crippen molar-refractivity contribution in [2.45, 2.75) is 76.0 Å². The third kappa shape index (κ3) is 4.64. The quantitative estimate of drug-likeness (QED) is 0.780. The van der Waals surface area contributed by atoms with E-state index >= 15 is 0 Å². The van der Waals surface area contributed by atoms with Gasteiger partial charge in [0.15, 0.2) is 0 Å². The van der Waals surface area contributed by atoms with Crippen LogP contribution in [-0.4, -0.2) is 58.6 Å². The van der Waals surface area contributed by atoms with E-state index in [1.165, 1.54) is 51.9 Å². The monoisotopic (exact) mass is 284 g/mol. The highest BCUT2D eigenvalue weighted by molar-refractivity contribution is 8.00. The van der Waals surface area contributed by atoms with E-state index in [4.69, 9.17) is 0 Å². The molecule has 19 heavy (non-hydrogen) atoms. The lowest BCUT2D eigenvalue weighted by Crippen LogP contribution is -2.42. The van der Waals surface area contributed by atoms with Crippen LogP contribution in [0, 0.1) is 0 Å². The molecule has 0 aromatic carbocycles. The van der Waals surface area contributed by atoms with Crippen molar-refractivity contribution in [2.24, 2.45) is 0 Å². The summed E-state index contributed by atoms with van der Waals surface area (Å²) in [6.45, 7) is 14.6. The first-order valence-electron chi connectivity index (χ1n) is 8.20. The molecule has 0 radical (unpaired) electrons. The molecule has 2 nitrogen and oxygen atoms in total. The van der Waals surface area contributed by atoms with Crippen molar-refractivity contribution in [2.75, 3.05) is 26.2 Å². The molecule has 2 fully saturated rings. The third-order valence-electron chi connectivity index (χ3n) is 4.80. The molecular weight excluding hydrogens is 252 g/mol. The van der Waals surface area contributed by atoms with Gasteiger partial charge in [-0.15, -0.1) is 0 Å². The fourth-order valence-corrected chi connectivity index (χ4v) is 4.84. The predicted octanol–water partition coefficient (Wildman–Crippen LogP) is 3.47. The van der Waals surface area contributed by atoms with E-state index in [1.807, 2.05) is 0 Å². The van der Waals surface area contributed by atoms with E-state index in [9.17, 15) is 0 Å². The summed E-state index contributed by atoms with van der Waals surface area (Å²) >= 11 is 2.32. The number of thioether (sulfide) groups is 1. The Bertz CT molecular complexity index is 225. The Hall–Kier alpha value is 0.270. The Morgan fingerprint density at radius 2 is 1.00 bits per heavy atom. The van der Waals surface area contributed by atoms with Gasteiger partial charge in [0.25, 0.3) is 0 Å². The zero-order chi connectivity index (χ0) is 13.8. The molecule has 2 rings (SSSR count). The van der Waals surface area contributed by atoms with Crippen LogP contribution in [0.25, 0.3) is 0 Å². The maximum atomic E-state index is 2.64. The molecule has 2 aliphatic rings. The summed E-state index contributed by atoms with van der Waals surface area (Å²) in [4.78, 5) is 5.27. The van der Waals surface area contributed by atoms with E-state index in [0.29, 0.717) is 0 Å². The van der Waals surface area contributed by atoms with Crippen LogP contribution in [0.3, 0.4) is 0 Å². The van der Waals surface area contributed by atoms with Gasteiger partial charge in [-0.3, -0.25) is 0 Å². The van der Waals surface area contributed by atoms with Crippen molar-refractivity contribution in [3.05, 3.63) is 0 Å². The van der Waals surface area contributed by atoms with Crippen LogP contribution in [-0.2, 0) is 0 Å². The van der Waals surface area contributed by atoms with Gasteiger partial charge in [0, 0.05) is 22.6 Å². The first-order valence-corrected chi connectivity index (χ1v) is 9.14. The van der Waals surface area contributed by atoms with Crippen LogP contribution >= 0.6 is 11.8 Å². The first kappa shape index (κ1) is 15.7. The predicted molar refractivity (Wildman–Crippen MR) is 87.1 cm³/mol. The second-order valence-corrected chi connectivity index (χ2v) is 8.40. The summed E-state index contributed by atoms with van der Waals surface area (Å²) in [5, 5.41) is 1.87. The zero-order valence-corrected chi connectivity index (χ0v) is 14.1. The summed E-state index contributed by atoms with van der Waals surface area (Å²) in [6.07, 6.45) is 5.64. The topological polar surface area (TPSA) is 6.48 Å². The van der Waals surface area contributed by atoms with Crippen molar-refractivity contribution in [3.63, 3.8) is 0 Å². The van der Waals surface area contributed by atoms with Gasteiger partial charge in [-0.25, -0.2) is 0 Å². The lowest BCUT2D eigenvalue weighted by atomic mass is 10.1. The lowest BCUT2D eigenvalue weighted by Gasteiger charge is -2.38. The molecule has 0 amide bonds. The Kier molecular flexibility index (Phi) is 6.04. The van der Waals surface area contributed by atoms with E-state index in [-0.39, 0.29) is 0 Å². The lowest BCUT2D eigenvalue weighted by molar-refractivity contribution is 0.183. The Morgan fingerprint density at radius 1 is 0.684 bits per heavy atom. The molecule has 2 saturated heterocycles. The Labute approximate surface area is 124 Å². The van der Waals surface area contributed by atoms with E-state index < -0.39 is 0 Å². The summed E-state index contributed by atoms with van der Waals surface area (Å²) in [5.74, 6) is 0. The van der Waals surface area contributed by atoms with Gasteiger partial charge < -0.3 is 9.80 Å². The second-order valence-electron chi connectivity index (χ2n) is 6.79. The molecule has 0 atom stereocenters. The molecule has 2 aliphatic heterocycles.